The molecule has 1 aromatic heterocycles. The number of ether oxygens (including phenoxy) is 2. The predicted molar refractivity (Wildman–Crippen MR) is 98.1 cm³/mol. The van der Waals surface area contributed by atoms with Crippen LogP contribution < -0.4 is 9.47 Å². The zero-order chi connectivity index (χ0) is 18.6. The van der Waals surface area contributed by atoms with E-state index in [1.165, 1.54) is 15.6 Å². The summed E-state index contributed by atoms with van der Waals surface area (Å²) in [6, 6.07) is 6.48. The normalized spacial score (nSPS) is 16.5. The van der Waals surface area contributed by atoms with E-state index >= 15 is 0 Å². The first kappa shape index (κ1) is 19.0. The van der Waals surface area contributed by atoms with E-state index in [0.717, 1.165) is 5.01 Å². The number of methoxy groups -OCH3 is 1. The van der Waals surface area contributed by atoms with Gasteiger partial charge in [-0.15, -0.1) is 10.2 Å². The standard InChI is InChI=1S/C16H22N4O4S2/c1-3-24-16-18-17-15(25-16)12-19-8-10-20(11-9-19)26(21,22)14-6-4-13(23-2)5-7-14/h4-7H,3,8-12H2,1-2H3. The summed E-state index contributed by atoms with van der Waals surface area (Å²) >= 11 is 1.43. The van der Waals surface area contributed by atoms with E-state index in [9.17, 15) is 8.42 Å². The van der Waals surface area contributed by atoms with Crippen LogP contribution in [0.5, 0.6) is 10.9 Å². The van der Waals surface area contributed by atoms with E-state index in [-0.39, 0.29) is 4.90 Å². The van der Waals surface area contributed by atoms with Gasteiger partial charge in [0.1, 0.15) is 10.8 Å². The Morgan fingerprint density at radius 1 is 1.12 bits per heavy atom. The Morgan fingerprint density at radius 3 is 2.42 bits per heavy atom. The smallest absolute Gasteiger partial charge is 0.294 e. The molecule has 0 spiro atoms. The topological polar surface area (TPSA) is 84.9 Å². The van der Waals surface area contributed by atoms with Crippen LogP contribution in [0.2, 0.25) is 0 Å². The second kappa shape index (κ2) is 8.30. The molecule has 0 atom stereocenters. The fraction of sp³-hybridized carbons (Fsp3) is 0.500. The summed E-state index contributed by atoms with van der Waals surface area (Å²) < 4.78 is 37.5. The van der Waals surface area contributed by atoms with Gasteiger partial charge >= 0.3 is 0 Å². The summed E-state index contributed by atoms with van der Waals surface area (Å²) in [4.78, 5) is 2.47. The van der Waals surface area contributed by atoms with Crippen molar-refractivity contribution in [2.24, 2.45) is 0 Å². The highest BCUT2D eigenvalue weighted by Gasteiger charge is 2.28. The van der Waals surface area contributed by atoms with Crippen LogP contribution in [0.25, 0.3) is 0 Å². The summed E-state index contributed by atoms with van der Waals surface area (Å²) in [5.41, 5.74) is 0. The molecule has 10 heteroatoms. The van der Waals surface area contributed by atoms with Gasteiger partial charge in [0.25, 0.3) is 5.19 Å². The summed E-state index contributed by atoms with van der Waals surface area (Å²) in [7, 11) is -1.93. The van der Waals surface area contributed by atoms with Gasteiger partial charge < -0.3 is 9.47 Å². The molecule has 8 nitrogen and oxygen atoms in total. The fourth-order valence-corrected chi connectivity index (χ4v) is 4.91. The molecule has 0 unspecified atom stereocenters. The van der Waals surface area contributed by atoms with Crippen molar-refractivity contribution >= 4 is 21.4 Å². The number of rotatable bonds is 7. The molecule has 0 N–H and O–H groups in total. The molecule has 2 aromatic rings. The van der Waals surface area contributed by atoms with Gasteiger partial charge in [-0.1, -0.05) is 11.3 Å². The Kier molecular flexibility index (Phi) is 6.07. The van der Waals surface area contributed by atoms with Crippen LogP contribution in [0, 0.1) is 0 Å². The van der Waals surface area contributed by atoms with Crippen molar-refractivity contribution in [1.82, 2.24) is 19.4 Å². The van der Waals surface area contributed by atoms with Crippen molar-refractivity contribution in [3.8, 4) is 10.9 Å². The average molecular weight is 399 g/mol. The third-order valence-electron chi connectivity index (χ3n) is 4.10. The van der Waals surface area contributed by atoms with Gasteiger partial charge in [-0.05, 0) is 31.2 Å². The Labute approximate surface area is 157 Å². The van der Waals surface area contributed by atoms with Crippen LogP contribution in [0.4, 0.5) is 0 Å². The van der Waals surface area contributed by atoms with Crippen LogP contribution in [-0.4, -0.2) is 67.7 Å². The molecule has 26 heavy (non-hydrogen) atoms. The van der Waals surface area contributed by atoms with Gasteiger partial charge in [0.15, 0.2) is 0 Å². The highest BCUT2D eigenvalue weighted by molar-refractivity contribution is 7.89. The van der Waals surface area contributed by atoms with E-state index in [1.54, 1.807) is 31.4 Å². The van der Waals surface area contributed by atoms with Crippen LogP contribution in [0.1, 0.15) is 11.9 Å². The molecule has 3 rings (SSSR count). The average Bonchev–Trinajstić information content (AvgIpc) is 3.09. The first-order valence-corrected chi connectivity index (χ1v) is 10.6. The predicted octanol–water partition coefficient (Wildman–Crippen LogP) is 1.45. The third kappa shape index (κ3) is 4.32. The highest BCUT2D eigenvalue weighted by atomic mass is 32.2. The molecule has 0 saturated carbocycles. The summed E-state index contributed by atoms with van der Waals surface area (Å²) in [5, 5.41) is 9.55. The lowest BCUT2D eigenvalue weighted by atomic mass is 10.3. The van der Waals surface area contributed by atoms with E-state index in [1.807, 2.05) is 6.92 Å². The van der Waals surface area contributed by atoms with Gasteiger partial charge in [-0.25, -0.2) is 8.42 Å². The van der Waals surface area contributed by atoms with Crippen molar-refractivity contribution in [1.29, 1.82) is 0 Å². The molecule has 0 aliphatic carbocycles. The van der Waals surface area contributed by atoms with Crippen molar-refractivity contribution in [3.05, 3.63) is 29.3 Å². The number of hydrogen-bond donors (Lipinski definition) is 0. The molecular weight excluding hydrogens is 376 g/mol. The summed E-state index contributed by atoms with van der Waals surface area (Å²) in [6.07, 6.45) is 0. The van der Waals surface area contributed by atoms with Crippen molar-refractivity contribution in [3.63, 3.8) is 0 Å². The molecule has 142 valence electrons. The second-order valence-corrected chi connectivity index (χ2v) is 8.71. The minimum absolute atomic E-state index is 0.289. The highest BCUT2D eigenvalue weighted by Crippen LogP contribution is 2.23. The van der Waals surface area contributed by atoms with Crippen LogP contribution in [0.3, 0.4) is 0 Å². The molecule has 1 aliphatic heterocycles. The molecule has 1 aromatic carbocycles. The van der Waals surface area contributed by atoms with Crippen LogP contribution >= 0.6 is 11.3 Å². The van der Waals surface area contributed by atoms with Crippen LogP contribution in [0.15, 0.2) is 29.2 Å². The zero-order valence-electron chi connectivity index (χ0n) is 14.8. The van der Waals surface area contributed by atoms with E-state index in [0.29, 0.717) is 50.3 Å². The lowest BCUT2D eigenvalue weighted by molar-refractivity contribution is 0.181. The minimum atomic E-state index is -3.48. The Bertz CT molecular complexity index is 815. The third-order valence-corrected chi connectivity index (χ3v) is 6.84. The maximum absolute atomic E-state index is 12.8. The van der Waals surface area contributed by atoms with Gasteiger partial charge in [-0.2, -0.15) is 4.31 Å². The number of piperazine rings is 1. The number of aromatic nitrogens is 2. The van der Waals surface area contributed by atoms with E-state index < -0.39 is 10.0 Å². The number of hydrogen-bond acceptors (Lipinski definition) is 8. The lowest BCUT2D eigenvalue weighted by Crippen LogP contribution is -2.48. The number of nitrogens with zero attached hydrogens (tertiary/aromatic N) is 4. The van der Waals surface area contributed by atoms with E-state index in [2.05, 4.69) is 15.1 Å². The van der Waals surface area contributed by atoms with Crippen molar-refractivity contribution in [2.45, 2.75) is 18.4 Å². The van der Waals surface area contributed by atoms with Gasteiger partial charge in [0, 0.05) is 26.2 Å². The molecule has 1 aliphatic rings. The lowest BCUT2D eigenvalue weighted by Gasteiger charge is -2.33. The Morgan fingerprint density at radius 2 is 1.81 bits per heavy atom. The molecule has 0 bridgehead atoms. The molecule has 0 amide bonds. The molecule has 0 radical (unpaired) electrons. The maximum atomic E-state index is 12.8. The van der Waals surface area contributed by atoms with E-state index in [4.69, 9.17) is 9.47 Å². The van der Waals surface area contributed by atoms with Gasteiger partial charge in [0.05, 0.1) is 25.2 Å². The first-order valence-electron chi connectivity index (χ1n) is 8.34. The second-order valence-electron chi connectivity index (χ2n) is 5.75. The SMILES string of the molecule is CCOc1nnc(CN2CCN(S(=O)(=O)c3ccc(OC)cc3)CC2)s1. The Hall–Kier alpha value is -1.75. The maximum Gasteiger partial charge on any atom is 0.294 e. The van der Waals surface area contributed by atoms with Crippen LogP contribution in [-0.2, 0) is 16.6 Å². The largest absolute Gasteiger partial charge is 0.497 e. The fourth-order valence-electron chi connectivity index (χ4n) is 2.70. The van der Waals surface area contributed by atoms with Gasteiger partial charge in [-0.3, -0.25) is 4.90 Å². The first-order chi connectivity index (χ1) is 12.5. The van der Waals surface area contributed by atoms with Crippen molar-refractivity contribution in [2.75, 3.05) is 39.9 Å². The summed E-state index contributed by atoms with van der Waals surface area (Å²) in [6.45, 7) is 5.33. The molecule has 1 fully saturated rings. The quantitative estimate of drug-likeness (QED) is 0.698. The molecule has 1 saturated heterocycles. The van der Waals surface area contributed by atoms with Crippen molar-refractivity contribution < 1.29 is 17.9 Å². The zero-order valence-corrected chi connectivity index (χ0v) is 16.4. The molecule has 2 heterocycles. The minimum Gasteiger partial charge on any atom is -0.497 e. The number of sulfonamides is 1. The Balaban J connectivity index is 1.58. The van der Waals surface area contributed by atoms with Gasteiger partial charge in [0.2, 0.25) is 10.0 Å². The number of benzene rings is 1. The molecular formula is C16H22N4O4S2. The summed E-state index contributed by atoms with van der Waals surface area (Å²) in [5.74, 6) is 0.636. The monoisotopic (exact) mass is 398 g/mol.